The molecule has 0 radical (unpaired) electrons. The molecule has 1 atom stereocenters. The number of likely N-dealkylation sites (tertiary alicyclic amines) is 1. The quantitative estimate of drug-likeness (QED) is 0.271. The van der Waals surface area contributed by atoms with E-state index in [2.05, 4.69) is 4.98 Å². The minimum absolute atomic E-state index is 0.0106. The van der Waals surface area contributed by atoms with E-state index in [-0.39, 0.29) is 17.0 Å². The van der Waals surface area contributed by atoms with Crippen molar-refractivity contribution in [2.75, 3.05) is 6.54 Å². The van der Waals surface area contributed by atoms with Gasteiger partial charge >= 0.3 is 12.4 Å². The smallest absolute Gasteiger partial charge is 0.417 e. The van der Waals surface area contributed by atoms with Crippen LogP contribution in [0.1, 0.15) is 46.3 Å². The number of aromatic nitrogens is 1. The van der Waals surface area contributed by atoms with Crippen molar-refractivity contribution < 1.29 is 35.6 Å². The van der Waals surface area contributed by atoms with Crippen LogP contribution >= 0.6 is 0 Å². The summed E-state index contributed by atoms with van der Waals surface area (Å²) in [6.07, 6.45) is -7.86. The van der Waals surface area contributed by atoms with Gasteiger partial charge in [-0.25, -0.2) is 4.98 Å². The normalized spacial score (nSPS) is 16.6. The molecule has 1 aliphatic heterocycles. The summed E-state index contributed by atoms with van der Waals surface area (Å²) in [4.78, 5) is 19.0. The highest BCUT2D eigenvalue weighted by atomic mass is 19.4. The zero-order valence-corrected chi connectivity index (χ0v) is 18.5. The third kappa shape index (κ3) is 4.43. The first-order chi connectivity index (χ1) is 17.0. The number of rotatable bonds is 3. The van der Waals surface area contributed by atoms with Crippen molar-refractivity contribution in [2.45, 2.75) is 31.2 Å². The molecule has 0 aliphatic carbocycles. The monoisotopic (exact) mass is 504 g/mol. The van der Waals surface area contributed by atoms with Crippen molar-refractivity contribution in [1.29, 1.82) is 0 Å². The molecule has 1 amide bonds. The van der Waals surface area contributed by atoms with E-state index in [1.54, 1.807) is 0 Å². The Morgan fingerprint density at radius 2 is 1.64 bits per heavy atom. The third-order valence-electron chi connectivity index (χ3n) is 6.21. The molecular formula is C26H18F6N2O2. The van der Waals surface area contributed by atoms with Crippen molar-refractivity contribution in [3.63, 3.8) is 0 Å². The Bertz CT molecular complexity index is 1420. The summed E-state index contributed by atoms with van der Waals surface area (Å²) >= 11 is 0. The third-order valence-corrected chi connectivity index (χ3v) is 6.21. The van der Waals surface area contributed by atoms with Gasteiger partial charge in [0.2, 0.25) is 5.89 Å². The van der Waals surface area contributed by atoms with E-state index in [0.29, 0.717) is 36.0 Å². The van der Waals surface area contributed by atoms with E-state index in [9.17, 15) is 31.1 Å². The lowest BCUT2D eigenvalue weighted by Gasteiger charge is -2.22. The van der Waals surface area contributed by atoms with Crippen molar-refractivity contribution in [3.8, 4) is 11.1 Å². The molecule has 4 nitrogen and oxygen atoms in total. The minimum Gasteiger partial charge on any atom is -0.438 e. The number of halogens is 6. The lowest BCUT2D eigenvalue weighted by atomic mass is 9.99. The summed E-state index contributed by atoms with van der Waals surface area (Å²) in [5.74, 6) is -0.225. The molecule has 1 aromatic heterocycles. The molecule has 5 rings (SSSR count). The number of alkyl halides is 6. The molecule has 0 N–H and O–H groups in total. The Morgan fingerprint density at radius 3 is 2.33 bits per heavy atom. The number of amides is 1. The van der Waals surface area contributed by atoms with Crippen LogP contribution in [0.15, 0.2) is 71.1 Å². The zero-order valence-electron chi connectivity index (χ0n) is 18.5. The maximum atomic E-state index is 13.5. The molecule has 1 saturated heterocycles. The first-order valence-electron chi connectivity index (χ1n) is 11.1. The summed E-state index contributed by atoms with van der Waals surface area (Å²) in [5, 5.41) is 0. The van der Waals surface area contributed by atoms with Gasteiger partial charge in [-0.15, -0.1) is 0 Å². The van der Waals surface area contributed by atoms with Crippen LogP contribution in [0, 0.1) is 0 Å². The highest BCUT2D eigenvalue weighted by Crippen LogP contribution is 2.39. The average molecular weight is 504 g/mol. The average Bonchev–Trinajstić information content (AvgIpc) is 3.49. The van der Waals surface area contributed by atoms with Crippen LogP contribution in [0.2, 0.25) is 0 Å². The number of carbonyl (C=O) groups excluding carboxylic acids is 1. The standard InChI is InChI=1S/C26H18F6N2O2/c27-25(28,29)17-10-7-15(8-11-17)24(35)34-13-3-6-21(34)23-33-20-14-16(9-12-22(20)36-23)18-4-1-2-5-19(18)26(30,31)32/h1-2,4-5,7-12,14,21H,3,6,13H2/t21-/m0/s1. The van der Waals surface area contributed by atoms with Crippen molar-refractivity contribution >= 4 is 17.0 Å². The van der Waals surface area contributed by atoms with Gasteiger partial charge in [-0.2, -0.15) is 26.3 Å². The Balaban J connectivity index is 1.44. The topological polar surface area (TPSA) is 46.3 Å². The van der Waals surface area contributed by atoms with Gasteiger partial charge in [0.1, 0.15) is 11.6 Å². The zero-order chi connectivity index (χ0) is 25.7. The van der Waals surface area contributed by atoms with Crippen LogP contribution in [0.3, 0.4) is 0 Å². The number of benzene rings is 3. The lowest BCUT2D eigenvalue weighted by molar-refractivity contribution is -0.138. The fourth-order valence-electron chi connectivity index (χ4n) is 4.47. The van der Waals surface area contributed by atoms with Gasteiger partial charge in [0, 0.05) is 12.1 Å². The highest BCUT2D eigenvalue weighted by molar-refractivity contribution is 5.94. The summed E-state index contributed by atoms with van der Waals surface area (Å²) in [5.41, 5.74) is -0.482. The fraction of sp³-hybridized carbons (Fsp3) is 0.231. The molecule has 2 heterocycles. The van der Waals surface area contributed by atoms with Gasteiger partial charge in [0.25, 0.3) is 5.91 Å². The lowest BCUT2D eigenvalue weighted by Crippen LogP contribution is -2.30. The fourth-order valence-corrected chi connectivity index (χ4v) is 4.47. The number of hydrogen-bond acceptors (Lipinski definition) is 3. The maximum Gasteiger partial charge on any atom is 0.417 e. The molecule has 0 spiro atoms. The minimum atomic E-state index is -4.52. The van der Waals surface area contributed by atoms with Crippen molar-refractivity contribution in [2.24, 2.45) is 0 Å². The molecule has 4 aromatic rings. The van der Waals surface area contributed by atoms with Crippen LogP contribution in [0.5, 0.6) is 0 Å². The second kappa shape index (κ2) is 8.69. The number of carbonyl (C=O) groups is 1. The molecule has 1 fully saturated rings. The van der Waals surface area contributed by atoms with Crippen LogP contribution < -0.4 is 0 Å². The summed E-state index contributed by atoms with van der Waals surface area (Å²) in [6, 6.07) is 13.2. The van der Waals surface area contributed by atoms with Gasteiger partial charge in [-0.3, -0.25) is 4.79 Å². The van der Waals surface area contributed by atoms with Crippen molar-refractivity contribution in [1.82, 2.24) is 9.88 Å². The first kappa shape index (κ1) is 23.9. The Kier molecular flexibility index (Phi) is 5.77. The molecule has 0 unspecified atom stereocenters. The molecule has 10 heteroatoms. The molecule has 1 aliphatic rings. The second-order valence-corrected chi connectivity index (χ2v) is 8.51. The van der Waals surface area contributed by atoms with Gasteiger partial charge in [-0.05, 0) is 66.4 Å². The molecule has 0 saturated carbocycles. The van der Waals surface area contributed by atoms with E-state index < -0.39 is 35.4 Å². The van der Waals surface area contributed by atoms with E-state index >= 15 is 0 Å². The SMILES string of the molecule is O=C(c1ccc(C(F)(F)F)cc1)N1CCC[C@H]1c1nc2cc(-c3ccccc3C(F)(F)F)ccc2o1. The molecular weight excluding hydrogens is 486 g/mol. The second-order valence-electron chi connectivity index (χ2n) is 8.51. The molecule has 186 valence electrons. The number of nitrogens with zero attached hydrogens (tertiary/aromatic N) is 2. The van der Waals surface area contributed by atoms with Gasteiger partial charge < -0.3 is 9.32 Å². The number of fused-ring (bicyclic) bond motifs is 1. The summed E-state index contributed by atoms with van der Waals surface area (Å²) < 4.78 is 84.8. The summed E-state index contributed by atoms with van der Waals surface area (Å²) in [6.45, 7) is 0.369. The number of oxazole rings is 1. The Labute approximate surface area is 201 Å². The van der Waals surface area contributed by atoms with E-state index in [1.807, 2.05) is 0 Å². The predicted octanol–water partition coefficient (Wildman–Crippen LogP) is 7.51. The van der Waals surface area contributed by atoms with Crippen LogP contribution in [-0.2, 0) is 12.4 Å². The van der Waals surface area contributed by atoms with Gasteiger partial charge in [0.05, 0.1) is 11.1 Å². The Hall–Kier alpha value is -3.82. The van der Waals surface area contributed by atoms with E-state index in [4.69, 9.17) is 4.42 Å². The highest BCUT2D eigenvalue weighted by Gasteiger charge is 2.36. The summed E-state index contributed by atoms with van der Waals surface area (Å²) in [7, 11) is 0. The van der Waals surface area contributed by atoms with Crippen LogP contribution in [0.4, 0.5) is 26.3 Å². The van der Waals surface area contributed by atoms with Gasteiger partial charge in [0.15, 0.2) is 5.58 Å². The van der Waals surface area contributed by atoms with Gasteiger partial charge in [-0.1, -0.05) is 24.3 Å². The van der Waals surface area contributed by atoms with E-state index in [1.165, 1.54) is 41.3 Å². The van der Waals surface area contributed by atoms with Crippen LogP contribution in [-0.4, -0.2) is 22.3 Å². The largest absolute Gasteiger partial charge is 0.438 e. The maximum absolute atomic E-state index is 13.5. The van der Waals surface area contributed by atoms with Crippen molar-refractivity contribution in [3.05, 3.63) is 89.3 Å². The Morgan fingerprint density at radius 1 is 0.917 bits per heavy atom. The molecule has 36 heavy (non-hydrogen) atoms. The molecule has 3 aromatic carbocycles. The first-order valence-corrected chi connectivity index (χ1v) is 11.1. The van der Waals surface area contributed by atoms with Crippen LogP contribution in [0.25, 0.3) is 22.2 Å². The van der Waals surface area contributed by atoms with E-state index in [0.717, 1.165) is 30.3 Å². The predicted molar refractivity (Wildman–Crippen MR) is 119 cm³/mol. The molecule has 0 bridgehead atoms. The number of hydrogen-bond donors (Lipinski definition) is 0.